The number of nitrogen functional groups attached to an aromatic ring is 1. The molecule has 19 heavy (non-hydrogen) atoms. The van der Waals surface area contributed by atoms with E-state index in [1.807, 2.05) is 17.0 Å². The smallest absolute Gasteiger partial charge is 0.260 e. The van der Waals surface area contributed by atoms with Gasteiger partial charge < -0.3 is 15.4 Å². The Kier molecular flexibility index (Phi) is 4.30. The van der Waals surface area contributed by atoms with Crippen molar-refractivity contribution < 1.29 is 9.53 Å². The van der Waals surface area contributed by atoms with E-state index in [0.29, 0.717) is 17.4 Å². The number of rotatable bonds is 3. The summed E-state index contributed by atoms with van der Waals surface area (Å²) in [7, 11) is 0. The number of carbonyl (C=O) groups excluding carboxylic acids is 1. The number of nitrogens with two attached hydrogens (primary N) is 1. The summed E-state index contributed by atoms with van der Waals surface area (Å²) < 4.78 is 5.52. The highest BCUT2D eigenvalue weighted by molar-refractivity contribution is 5.78. The maximum atomic E-state index is 12.2. The highest BCUT2D eigenvalue weighted by Crippen LogP contribution is 2.24. The zero-order valence-electron chi connectivity index (χ0n) is 11.6. The molecule has 1 amide bonds. The lowest BCUT2D eigenvalue weighted by Gasteiger charge is -2.37. The Balaban J connectivity index is 1.92. The average Bonchev–Trinajstić information content (AvgIpc) is 2.40. The van der Waals surface area contributed by atoms with Gasteiger partial charge in [-0.1, -0.05) is 19.1 Å². The van der Waals surface area contributed by atoms with Gasteiger partial charge in [-0.15, -0.1) is 0 Å². The minimum Gasteiger partial charge on any atom is -0.482 e. The number of hydrogen-bond acceptors (Lipinski definition) is 3. The normalized spacial score (nSPS) is 23.2. The lowest BCUT2D eigenvalue weighted by molar-refractivity contribution is -0.137. The van der Waals surface area contributed by atoms with Crippen LogP contribution in [0, 0.1) is 5.92 Å². The second kappa shape index (κ2) is 5.95. The molecule has 1 aliphatic rings. The zero-order valence-corrected chi connectivity index (χ0v) is 11.6. The van der Waals surface area contributed by atoms with Crippen LogP contribution in [0.2, 0.25) is 0 Å². The van der Waals surface area contributed by atoms with Crippen LogP contribution in [0.15, 0.2) is 24.3 Å². The summed E-state index contributed by atoms with van der Waals surface area (Å²) >= 11 is 0. The van der Waals surface area contributed by atoms with E-state index in [0.717, 1.165) is 13.0 Å². The summed E-state index contributed by atoms with van der Waals surface area (Å²) in [5, 5.41) is 0. The summed E-state index contributed by atoms with van der Waals surface area (Å²) in [6.07, 6.45) is 2.27. The first-order valence-corrected chi connectivity index (χ1v) is 6.86. The molecule has 1 heterocycles. The number of anilines is 1. The van der Waals surface area contributed by atoms with Crippen LogP contribution in [0.1, 0.15) is 26.7 Å². The van der Waals surface area contributed by atoms with E-state index >= 15 is 0 Å². The quantitative estimate of drug-likeness (QED) is 0.850. The lowest BCUT2D eigenvalue weighted by Crippen LogP contribution is -2.47. The summed E-state index contributed by atoms with van der Waals surface area (Å²) in [5.41, 5.74) is 6.35. The monoisotopic (exact) mass is 262 g/mol. The van der Waals surface area contributed by atoms with Gasteiger partial charge in [0.25, 0.3) is 5.91 Å². The molecule has 1 aliphatic heterocycles. The van der Waals surface area contributed by atoms with Gasteiger partial charge in [0.2, 0.25) is 0 Å². The van der Waals surface area contributed by atoms with Gasteiger partial charge in [0.15, 0.2) is 6.61 Å². The topological polar surface area (TPSA) is 55.6 Å². The maximum Gasteiger partial charge on any atom is 0.260 e. The van der Waals surface area contributed by atoms with Gasteiger partial charge >= 0.3 is 0 Å². The Hall–Kier alpha value is -1.71. The van der Waals surface area contributed by atoms with E-state index in [-0.39, 0.29) is 18.6 Å². The molecule has 2 unspecified atom stereocenters. The van der Waals surface area contributed by atoms with Crippen LogP contribution in [0.3, 0.4) is 0 Å². The molecule has 0 aliphatic carbocycles. The van der Waals surface area contributed by atoms with Crippen molar-refractivity contribution in [3.8, 4) is 5.75 Å². The molecular formula is C15H22N2O2. The van der Waals surface area contributed by atoms with Crippen LogP contribution in [0.4, 0.5) is 5.69 Å². The number of ether oxygens (including phenoxy) is 1. The minimum atomic E-state index is 0.0438. The number of likely N-dealkylation sites (tertiary alicyclic amines) is 1. The molecule has 0 saturated carbocycles. The van der Waals surface area contributed by atoms with Crippen LogP contribution in [0.25, 0.3) is 0 Å². The number of carbonyl (C=O) groups is 1. The van der Waals surface area contributed by atoms with Crippen LogP contribution < -0.4 is 10.5 Å². The summed E-state index contributed by atoms with van der Waals surface area (Å²) in [6.45, 7) is 5.20. The minimum absolute atomic E-state index is 0.0438. The molecule has 1 aromatic carbocycles. The van der Waals surface area contributed by atoms with Crippen molar-refractivity contribution >= 4 is 11.6 Å². The second-order valence-electron chi connectivity index (χ2n) is 5.27. The predicted molar refractivity (Wildman–Crippen MR) is 75.9 cm³/mol. The number of amides is 1. The summed E-state index contributed by atoms with van der Waals surface area (Å²) in [5.74, 6) is 1.18. The Labute approximate surface area is 114 Å². The highest BCUT2D eigenvalue weighted by atomic mass is 16.5. The van der Waals surface area contributed by atoms with Crippen molar-refractivity contribution in [3.63, 3.8) is 0 Å². The van der Waals surface area contributed by atoms with Gasteiger partial charge in [-0.25, -0.2) is 0 Å². The van der Waals surface area contributed by atoms with E-state index in [9.17, 15) is 4.79 Å². The second-order valence-corrected chi connectivity index (χ2v) is 5.27. The van der Waals surface area contributed by atoms with Crippen molar-refractivity contribution in [2.24, 2.45) is 5.92 Å². The summed E-state index contributed by atoms with van der Waals surface area (Å²) in [6, 6.07) is 7.54. The van der Waals surface area contributed by atoms with Gasteiger partial charge in [0.05, 0.1) is 5.69 Å². The molecular weight excluding hydrogens is 240 g/mol. The molecule has 1 saturated heterocycles. The fraction of sp³-hybridized carbons (Fsp3) is 0.533. The molecule has 0 spiro atoms. The third-order valence-electron chi connectivity index (χ3n) is 3.96. The Morgan fingerprint density at radius 1 is 1.42 bits per heavy atom. The maximum absolute atomic E-state index is 12.2. The van der Waals surface area contributed by atoms with Gasteiger partial charge in [-0.05, 0) is 37.8 Å². The fourth-order valence-electron chi connectivity index (χ4n) is 2.52. The van der Waals surface area contributed by atoms with Crippen molar-refractivity contribution in [1.29, 1.82) is 0 Å². The molecule has 2 rings (SSSR count). The standard InChI is InChI=1S/C15H22N2O2/c1-11-6-5-9-17(12(11)2)15(18)10-19-14-8-4-3-7-13(14)16/h3-4,7-8,11-12H,5-6,9-10,16H2,1-2H3. The molecule has 0 bridgehead atoms. The van der Waals surface area contributed by atoms with Gasteiger partial charge in [0, 0.05) is 12.6 Å². The van der Waals surface area contributed by atoms with Crippen molar-refractivity contribution in [2.45, 2.75) is 32.7 Å². The largest absolute Gasteiger partial charge is 0.482 e. The number of nitrogens with zero attached hydrogens (tertiary/aromatic N) is 1. The fourth-order valence-corrected chi connectivity index (χ4v) is 2.52. The van der Waals surface area contributed by atoms with Crippen LogP contribution in [-0.4, -0.2) is 30.0 Å². The molecule has 4 heteroatoms. The number of hydrogen-bond donors (Lipinski definition) is 1. The third-order valence-corrected chi connectivity index (χ3v) is 3.96. The third kappa shape index (κ3) is 3.19. The predicted octanol–water partition coefficient (Wildman–Crippen LogP) is 2.29. The van der Waals surface area contributed by atoms with Crippen LogP contribution in [-0.2, 0) is 4.79 Å². The first kappa shape index (κ1) is 13.7. The average molecular weight is 262 g/mol. The highest BCUT2D eigenvalue weighted by Gasteiger charge is 2.28. The van der Waals surface area contributed by atoms with Gasteiger partial charge in [0.1, 0.15) is 5.75 Å². The Morgan fingerprint density at radius 3 is 2.89 bits per heavy atom. The van der Waals surface area contributed by atoms with Crippen molar-refractivity contribution in [3.05, 3.63) is 24.3 Å². The molecule has 4 nitrogen and oxygen atoms in total. The number of para-hydroxylation sites is 2. The first-order chi connectivity index (χ1) is 9.09. The molecule has 104 valence electrons. The van der Waals surface area contributed by atoms with Crippen LogP contribution >= 0.6 is 0 Å². The van der Waals surface area contributed by atoms with E-state index in [1.165, 1.54) is 6.42 Å². The molecule has 1 fully saturated rings. The van der Waals surface area contributed by atoms with Crippen LogP contribution in [0.5, 0.6) is 5.75 Å². The van der Waals surface area contributed by atoms with E-state index in [4.69, 9.17) is 10.5 Å². The van der Waals surface area contributed by atoms with Crippen molar-refractivity contribution in [1.82, 2.24) is 4.90 Å². The van der Waals surface area contributed by atoms with E-state index in [1.54, 1.807) is 12.1 Å². The SMILES string of the molecule is CC1CCCN(C(=O)COc2ccccc2N)C1C. The molecule has 2 atom stereocenters. The van der Waals surface area contributed by atoms with Gasteiger partial charge in [-0.2, -0.15) is 0 Å². The number of benzene rings is 1. The zero-order chi connectivity index (χ0) is 13.8. The Morgan fingerprint density at radius 2 is 2.16 bits per heavy atom. The number of piperidine rings is 1. The molecule has 0 radical (unpaired) electrons. The molecule has 0 aromatic heterocycles. The van der Waals surface area contributed by atoms with E-state index in [2.05, 4.69) is 13.8 Å². The Bertz CT molecular complexity index is 448. The molecule has 1 aromatic rings. The van der Waals surface area contributed by atoms with Gasteiger partial charge in [-0.3, -0.25) is 4.79 Å². The lowest BCUT2D eigenvalue weighted by atomic mass is 9.92. The van der Waals surface area contributed by atoms with E-state index < -0.39 is 0 Å². The molecule has 2 N–H and O–H groups in total. The van der Waals surface area contributed by atoms with Crippen molar-refractivity contribution in [2.75, 3.05) is 18.9 Å². The summed E-state index contributed by atoms with van der Waals surface area (Å²) in [4.78, 5) is 14.1. The first-order valence-electron chi connectivity index (χ1n) is 6.86.